The zero-order valence-corrected chi connectivity index (χ0v) is 25.6. The summed E-state index contributed by atoms with van der Waals surface area (Å²) in [6, 6.07) is 8.86. The second-order valence-electron chi connectivity index (χ2n) is 12.3. The summed E-state index contributed by atoms with van der Waals surface area (Å²) in [5.74, 6) is 0.369. The van der Waals surface area contributed by atoms with E-state index in [0.717, 1.165) is 43.3 Å². The summed E-state index contributed by atoms with van der Waals surface area (Å²) in [5, 5.41) is 7.40. The van der Waals surface area contributed by atoms with Gasteiger partial charge in [0.2, 0.25) is 0 Å². The minimum atomic E-state index is -0.540. The fourth-order valence-corrected chi connectivity index (χ4v) is 5.39. The van der Waals surface area contributed by atoms with Gasteiger partial charge in [-0.15, -0.1) is 0 Å². The lowest BCUT2D eigenvalue weighted by Crippen LogP contribution is -2.42. The Morgan fingerprint density at radius 3 is 2.42 bits per heavy atom. The van der Waals surface area contributed by atoms with Gasteiger partial charge in [0, 0.05) is 37.8 Å². The fraction of sp³-hybridized carbons (Fsp3) is 0.500. The molecule has 43 heavy (non-hydrogen) atoms. The van der Waals surface area contributed by atoms with Crippen LogP contribution in [-0.2, 0) is 16.0 Å². The molecule has 3 heterocycles. The lowest BCUT2D eigenvalue weighted by molar-refractivity contribution is 0.0188. The van der Waals surface area contributed by atoms with Crippen LogP contribution in [0.2, 0.25) is 0 Å². The van der Waals surface area contributed by atoms with Crippen molar-refractivity contribution in [2.24, 2.45) is 11.8 Å². The summed E-state index contributed by atoms with van der Waals surface area (Å²) < 4.78 is 18.1. The van der Waals surface area contributed by atoms with E-state index in [1.165, 1.54) is 14.2 Å². The second kappa shape index (κ2) is 12.5. The van der Waals surface area contributed by atoms with Crippen molar-refractivity contribution < 1.29 is 28.6 Å². The number of likely N-dealkylation sites (tertiary alicyclic amines) is 1. The van der Waals surface area contributed by atoms with E-state index in [9.17, 15) is 14.4 Å². The van der Waals surface area contributed by atoms with Crippen molar-refractivity contribution in [1.82, 2.24) is 14.5 Å². The summed E-state index contributed by atoms with van der Waals surface area (Å²) in [6.45, 7) is 8.10. The number of amides is 2. The van der Waals surface area contributed by atoms with Gasteiger partial charge < -0.3 is 34.3 Å². The Kier molecular flexibility index (Phi) is 8.79. The number of ether oxygens (including phenoxy) is 3. The van der Waals surface area contributed by atoms with Gasteiger partial charge in [0.25, 0.3) is 5.91 Å². The van der Waals surface area contributed by atoms with Crippen LogP contribution in [0, 0.1) is 11.8 Å². The first-order valence-electron chi connectivity index (χ1n) is 14.8. The number of nitrogens with zero attached hydrogens (tertiary/aromatic N) is 3. The van der Waals surface area contributed by atoms with Gasteiger partial charge in [-0.25, -0.2) is 14.6 Å². The Bertz CT molecular complexity index is 1500. The van der Waals surface area contributed by atoms with Crippen molar-refractivity contribution >= 4 is 40.4 Å². The number of esters is 1. The summed E-state index contributed by atoms with van der Waals surface area (Å²) >= 11 is 0. The summed E-state index contributed by atoms with van der Waals surface area (Å²) in [7, 11) is 2.83. The molecule has 1 aliphatic heterocycles. The fourth-order valence-electron chi connectivity index (χ4n) is 5.39. The molecule has 0 radical (unpaired) electrons. The number of piperidine rings is 1. The number of nitrogens with one attached hydrogen (secondary N) is 2. The van der Waals surface area contributed by atoms with Crippen LogP contribution in [0.3, 0.4) is 0 Å². The Labute approximate surface area is 251 Å². The molecule has 2 N–H and O–H groups in total. The van der Waals surface area contributed by atoms with Gasteiger partial charge in [0.15, 0.2) is 0 Å². The largest absolute Gasteiger partial charge is 0.494 e. The zero-order valence-electron chi connectivity index (χ0n) is 25.6. The van der Waals surface area contributed by atoms with Crippen molar-refractivity contribution in [1.29, 1.82) is 0 Å². The maximum Gasteiger partial charge on any atom is 0.410 e. The average Bonchev–Trinajstić information content (AvgIpc) is 3.73. The van der Waals surface area contributed by atoms with E-state index in [1.807, 2.05) is 43.5 Å². The highest BCUT2D eigenvalue weighted by atomic mass is 16.6. The van der Waals surface area contributed by atoms with Crippen LogP contribution < -0.4 is 15.4 Å². The Morgan fingerprint density at radius 2 is 1.77 bits per heavy atom. The number of fused-ring (bicyclic) bond motifs is 1. The number of rotatable bonds is 9. The molecule has 0 spiro atoms. The van der Waals surface area contributed by atoms with Gasteiger partial charge in [-0.1, -0.05) is 0 Å². The van der Waals surface area contributed by atoms with Gasteiger partial charge >= 0.3 is 12.1 Å². The van der Waals surface area contributed by atoms with Gasteiger partial charge in [-0.3, -0.25) is 4.79 Å². The van der Waals surface area contributed by atoms with Crippen LogP contribution in [0.15, 0.2) is 36.5 Å². The third kappa shape index (κ3) is 7.21. The van der Waals surface area contributed by atoms with Crippen molar-refractivity contribution in [3.05, 3.63) is 47.8 Å². The van der Waals surface area contributed by atoms with Gasteiger partial charge in [0.1, 0.15) is 28.4 Å². The molecule has 3 aromatic rings. The number of hydrogen-bond donors (Lipinski definition) is 2. The van der Waals surface area contributed by atoms with E-state index < -0.39 is 11.6 Å². The van der Waals surface area contributed by atoms with Crippen molar-refractivity contribution in [3.8, 4) is 5.75 Å². The molecule has 2 fully saturated rings. The molecule has 1 aromatic carbocycles. The third-order valence-corrected chi connectivity index (χ3v) is 7.85. The second-order valence-corrected chi connectivity index (χ2v) is 12.3. The lowest BCUT2D eigenvalue weighted by Gasteiger charge is -2.33. The van der Waals surface area contributed by atoms with Crippen molar-refractivity contribution in [3.63, 3.8) is 0 Å². The standard InChI is InChI=1S/C32H41N5O6/c1-32(2,3)43-31(40)36-13-10-20(11-14-36)18-34-27-24(15-23(30(39)42-5)17-26(27)41-4)35-29(38)25-16-22-7-6-12-33-28(22)37(25)19-21-8-9-21/h6-7,12,15-17,20-21,34H,8-11,13-14,18-19H2,1-5H3,(H,35,38). The summed E-state index contributed by atoms with van der Waals surface area (Å²) in [6.07, 6.45) is 5.31. The Morgan fingerprint density at radius 1 is 1.02 bits per heavy atom. The SMILES string of the molecule is COC(=O)c1cc(NC(=O)c2cc3cccnc3n2CC2CC2)c(NCC2CCN(C(=O)OC(C)(C)C)CC2)c(OC)c1. The third-order valence-electron chi connectivity index (χ3n) is 7.85. The van der Waals surface area contributed by atoms with Crippen LogP contribution in [0.5, 0.6) is 5.75 Å². The van der Waals surface area contributed by atoms with E-state index in [-0.39, 0.29) is 23.5 Å². The average molecular weight is 592 g/mol. The molecule has 230 valence electrons. The minimum Gasteiger partial charge on any atom is -0.494 e. The molecule has 2 amide bonds. The maximum atomic E-state index is 13.8. The number of carbonyl (C=O) groups is 3. The number of hydrogen-bond acceptors (Lipinski definition) is 8. The topological polar surface area (TPSA) is 124 Å². The van der Waals surface area contributed by atoms with E-state index in [0.29, 0.717) is 48.4 Å². The maximum absolute atomic E-state index is 13.8. The number of carbonyl (C=O) groups excluding carboxylic acids is 3. The quantitative estimate of drug-likeness (QED) is 0.310. The molecule has 11 heteroatoms. The number of anilines is 2. The van der Waals surface area contributed by atoms with Gasteiger partial charge in [-0.05, 0) is 88.6 Å². The van der Waals surface area contributed by atoms with Crippen LogP contribution in [0.1, 0.15) is 67.3 Å². The van der Waals surface area contributed by atoms with Crippen LogP contribution >= 0.6 is 0 Å². The highest BCUT2D eigenvalue weighted by Gasteiger charge is 2.29. The summed E-state index contributed by atoms with van der Waals surface area (Å²) in [4.78, 5) is 45.1. The van der Waals surface area contributed by atoms with Crippen molar-refractivity contribution in [2.45, 2.75) is 58.6 Å². The predicted octanol–water partition coefficient (Wildman–Crippen LogP) is 5.55. The molecule has 1 aliphatic carbocycles. The smallest absolute Gasteiger partial charge is 0.410 e. The van der Waals surface area contributed by atoms with E-state index in [2.05, 4.69) is 15.6 Å². The number of methoxy groups -OCH3 is 2. The van der Waals surface area contributed by atoms with E-state index in [4.69, 9.17) is 14.2 Å². The monoisotopic (exact) mass is 591 g/mol. The molecule has 1 saturated carbocycles. The van der Waals surface area contributed by atoms with Crippen LogP contribution in [0.25, 0.3) is 11.0 Å². The molecule has 0 unspecified atom stereocenters. The van der Waals surface area contributed by atoms with E-state index in [1.54, 1.807) is 23.2 Å². The molecular weight excluding hydrogens is 550 g/mol. The minimum absolute atomic E-state index is 0.256. The molecule has 0 bridgehead atoms. The highest BCUT2D eigenvalue weighted by molar-refractivity contribution is 6.08. The van der Waals surface area contributed by atoms with Crippen LogP contribution in [-0.4, -0.2) is 71.9 Å². The Balaban J connectivity index is 1.36. The van der Waals surface area contributed by atoms with E-state index >= 15 is 0 Å². The summed E-state index contributed by atoms with van der Waals surface area (Å²) in [5.41, 5.74) is 1.98. The first kappa shape index (κ1) is 30.2. The van der Waals surface area contributed by atoms with Gasteiger partial charge in [0.05, 0.1) is 25.5 Å². The molecule has 0 atom stereocenters. The molecule has 2 aromatic heterocycles. The highest BCUT2D eigenvalue weighted by Crippen LogP contribution is 2.37. The molecule has 11 nitrogen and oxygen atoms in total. The lowest BCUT2D eigenvalue weighted by atomic mass is 9.97. The van der Waals surface area contributed by atoms with Crippen molar-refractivity contribution in [2.75, 3.05) is 44.5 Å². The molecular formula is C32H41N5O6. The normalized spacial score (nSPS) is 15.7. The first-order valence-corrected chi connectivity index (χ1v) is 14.8. The van der Waals surface area contributed by atoms with Gasteiger partial charge in [-0.2, -0.15) is 0 Å². The number of pyridine rings is 1. The molecule has 2 aliphatic rings. The molecule has 5 rings (SSSR count). The Hall–Kier alpha value is -4.28. The number of aromatic nitrogens is 2. The van der Waals surface area contributed by atoms with Crippen LogP contribution in [0.4, 0.5) is 16.2 Å². The molecule has 1 saturated heterocycles. The first-order chi connectivity index (χ1) is 20.6. The predicted molar refractivity (Wildman–Crippen MR) is 164 cm³/mol. The zero-order chi connectivity index (χ0) is 30.7. The number of benzene rings is 1.